The van der Waals surface area contributed by atoms with E-state index in [-0.39, 0.29) is 4.90 Å². The third kappa shape index (κ3) is 3.02. The number of nitrogens with zero attached hydrogens (tertiary/aromatic N) is 2. The maximum Gasteiger partial charge on any atom is 0.326 e. The van der Waals surface area contributed by atoms with Gasteiger partial charge in [0.25, 0.3) is 0 Å². The van der Waals surface area contributed by atoms with Crippen molar-refractivity contribution in [2.45, 2.75) is 24.8 Å². The van der Waals surface area contributed by atoms with Crippen molar-refractivity contribution < 1.29 is 18.3 Å². The van der Waals surface area contributed by atoms with E-state index in [4.69, 9.17) is 0 Å². The van der Waals surface area contributed by atoms with Gasteiger partial charge in [0.2, 0.25) is 10.0 Å². The van der Waals surface area contributed by atoms with Crippen LogP contribution in [0.1, 0.15) is 23.0 Å². The fourth-order valence-electron chi connectivity index (χ4n) is 2.26. The summed E-state index contributed by atoms with van der Waals surface area (Å²) in [5.74, 6) is -1.27. The molecule has 118 valence electrons. The molecule has 0 unspecified atom stereocenters. The van der Waals surface area contributed by atoms with Gasteiger partial charge >= 0.3 is 5.97 Å². The Morgan fingerprint density at radius 2 is 1.86 bits per heavy atom. The van der Waals surface area contributed by atoms with Gasteiger partial charge in [-0.3, -0.25) is 9.48 Å². The monoisotopic (exact) mass is 323 g/mol. The number of hydrogen-bond donors (Lipinski definition) is 2. The average Bonchev–Trinajstić information content (AvgIpc) is 2.70. The lowest BCUT2D eigenvalue weighted by atomic mass is 10.1. The van der Waals surface area contributed by atoms with Crippen LogP contribution in [0.15, 0.2) is 35.2 Å². The third-order valence-corrected chi connectivity index (χ3v) is 5.04. The highest BCUT2D eigenvalue weighted by Gasteiger charge is 2.30. The summed E-state index contributed by atoms with van der Waals surface area (Å²) in [4.78, 5) is 11.4. The number of rotatable bonds is 5. The summed E-state index contributed by atoms with van der Waals surface area (Å²) < 4.78 is 28.8. The molecule has 0 spiro atoms. The number of aryl methyl sites for hydroxylation is 2. The molecule has 0 radical (unpaired) electrons. The van der Waals surface area contributed by atoms with Crippen LogP contribution in [-0.2, 0) is 21.9 Å². The van der Waals surface area contributed by atoms with Crippen molar-refractivity contribution in [3.05, 3.63) is 47.3 Å². The van der Waals surface area contributed by atoms with Crippen LogP contribution in [0.2, 0.25) is 0 Å². The number of carboxylic acid groups (broad SMARTS) is 1. The highest BCUT2D eigenvalue weighted by Crippen LogP contribution is 2.22. The van der Waals surface area contributed by atoms with E-state index in [9.17, 15) is 18.3 Å². The summed E-state index contributed by atoms with van der Waals surface area (Å²) in [6.45, 7) is 3.19. The molecule has 2 aromatic rings. The minimum Gasteiger partial charge on any atom is -0.480 e. The van der Waals surface area contributed by atoms with E-state index in [0.717, 1.165) is 0 Å². The standard InChI is InChI=1S/C14H17N3O4S/c1-9-13(10(2)17(3)15-9)22(20,21)16-12(14(18)19)11-7-5-4-6-8-11/h4-8,12,16H,1-3H3,(H,18,19)/t12-/m0/s1. The summed E-state index contributed by atoms with van der Waals surface area (Å²) in [6.07, 6.45) is 0. The molecule has 22 heavy (non-hydrogen) atoms. The van der Waals surface area contributed by atoms with E-state index in [2.05, 4.69) is 9.82 Å². The van der Waals surface area contributed by atoms with Gasteiger partial charge in [-0.05, 0) is 19.4 Å². The zero-order chi connectivity index (χ0) is 16.5. The highest BCUT2D eigenvalue weighted by atomic mass is 32.2. The number of carboxylic acids is 1. The number of nitrogens with one attached hydrogen (secondary N) is 1. The summed E-state index contributed by atoms with van der Waals surface area (Å²) in [7, 11) is -2.38. The van der Waals surface area contributed by atoms with Gasteiger partial charge in [0.15, 0.2) is 0 Å². The molecule has 0 bridgehead atoms. The molecule has 1 aromatic carbocycles. The van der Waals surface area contributed by atoms with Gasteiger partial charge in [0.1, 0.15) is 10.9 Å². The number of benzene rings is 1. The first-order chi connectivity index (χ1) is 10.2. The van der Waals surface area contributed by atoms with Crippen molar-refractivity contribution in [3.8, 4) is 0 Å². The molecule has 0 saturated heterocycles. The van der Waals surface area contributed by atoms with Crippen LogP contribution in [-0.4, -0.2) is 29.3 Å². The number of aromatic nitrogens is 2. The molecule has 0 fully saturated rings. The van der Waals surface area contributed by atoms with E-state index in [1.807, 2.05) is 0 Å². The molecule has 8 heteroatoms. The van der Waals surface area contributed by atoms with Crippen molar-refractivity contribution in [3.63, 3.8) is 0 Å². The van der Waals surface area contributed by atoms with E-state index in [1.165, 1.54) is 4.68 Å². The van der Waals surface area contributed by atoms with Crippen LogP contribution in [0, 0.1) is 13.8 Å². The van der Waals surface area contributed by atoms with Gasteiger partial charge in [0.05, 0.1) is 11.4 Å². The molecule has 7 nitrogen and oxygen atoms in total. The zero-order valence-electron chi connectivity index (χ0n) is 12.4. The summed E-state index contributed by atoms with van der Waals surface area (Å²) in [6, 6.07) is 6.80. The molecular weight excluding hydrogens is 306 g/mol. The number of hydrogen-bond acceptors (Lipinski definition) is 4. The predicted octanol–water partition coefficient (Wildman–Crippen LogP) is 1.14. The zero-order valence-corrected chi connectivity index (χ0v) is 13.3. The Kier molecular flexibility index (Phi) is 4.34. The molecule has 1 atom stereocenters. The molecular formula is C14H17N3O4S. The van der Waals surface area contributed by atoms with Crippen LogP contribution in [0.4, 0.5) is 0 Å². The molecule has 0 aliphatic heterocycles. The number of sulfonamides is 1. The first kappa shape index (κ1) is 16.2. The molecule has 1 aromatic heterocycles. The average molecular weight is 323 g/mol. The Balaban J connectivity index is 2.44. The van der Waals surface area contributed by atoms with Gasteiger partial charge in [-0.15, -0.1) is 0 Å². The Bertz CT molecular complexity index is 797. The van der Waals surface area contributed by atoms with Gasteiger partial charge in [0, 0.05) is 7.05 Å². The van der Waals surface area contributed by atoms with Gasteiger partial charge in [-0.25, -0.2) is 8.42 Å². The quantitative estimate of drug-likeness (QED) is 0.859. The fourth-order valence-corrected chi connectivity index (χ4v) is 3.88. The maximum atomic E-state index is 12.5. The second-order valence-corrected chi connectivity index (χ2v) is 6.58. The Labute approximate surface area is 128 Å². The van der Waals surface area contributed by atoms with Gasteiger partial charge in [-0.2, -0.15) is 9.82 Å². The summed E-state index contributed by atoms with van der Waals surface area (Å²) >= 11 is 0. The number of carbonyl (C=O) groups is 1. The summed E-state index contributed by atoms with van der Waals surface area (Å²) in [5.41, 5.74) is 1.13. The second-order valence-electron chi connectivity index (χ2n) is 4.93. The molecule has 0 aliphatic rings. The first-order valence-electron chi connectivity index (χ1n) is 6.54. The van der Waals surface area contributed by atoms with E-state index in [0.29, 0.717) is 17.0 Å². The van der Waals surface area contributed by atoms with E-state index in [1.54, 1.807) is 51.2 Å². The smallest absolute Gasteiger partial charge is 0.326 e. The van der Waals surface area contributed by atoms with Crippen molar-refractivity contribution >= 4 is 16.0 Å². The summed E-state index contributed by atoms with van der Waals surface area (Å²) in [5, 5.41) is 13.4. The van der Waals surface area contributed by atoms with E-state index < -0.39 is 22.0 Å². The van der Waals surface area contributed by atoms with Crippen LogP contribution in [0.5, 0.6) is 0 Å². The topological polar surface area (TPSA) is 101 Å². The van der Waals surface area contributed by atoms with E-state index >= 15 is 0 Å². The molecule has 1 heterocycles. The van der Waals surface area contributed by atoms with Crippen molar-refractivity contribution in [2.75, 3.05) is 0 Å². The Morgan fingerprint density at radius 1 is 1.27 bits per heavy atom. The van der Waals surface area contributed by atoms with Crippen LogP contribution >= 0.6 is 0 Å². The maximum absolute atomic E-state index is 12.5. The fraction of sp³-hybridized carbons (Fsp3) is 0.286. The lowest BCUT2D eigenvalue weighted by Crippen LogP contribution is -2.34. The minimum absolute atomic E-state index is 0.0113. The highest BCUT2D eigenvalue weighted by molar-refractivity contribution is 7.89. The lowest BCUT2D eigenvalue weighted by molar-refractivity contribution is -0.139. The van der Waals surface area contributed by atoms with Gasteiger partial charge < -0.3 is 5.11 Å². The molecule has 2 rings (SSSR count). The lowest BCUT2D eigenvalue weighted by Gasteiger charge is -2.15. The number of aliphatic carboxylic acids is 1. The molecule has 0 amide bonds. The van der Waals surface area contributed by atoms with Crippen LogP contribution < -0.4 is 4.72 Å². The first-order valence-corrected chi connectivity index (χ1v) is 8.02. The van der Waals surface area contributed by atoms with Crippen molar-refractivity contribution in [1.82, 2.24) is 14.5 Å². The molecule has 0 aliphatic carbocycles. The molecule has 2 N–H and O–H groups in total. The minimum atomic E-state index is -4.01. The Hall–Kier alpha value is -2.19. The van der Waals surface area contributed by atoms with Crippen molar-refractivity contribution in [2.24, 2.45) is 7.05 Å². The largest absolute Gasteiger partial charge is 0.480 e. The van der Waals surface area contributed by atoms with Crippen LogP contribution in [0.3, 0.4) is 0 Å². The van der Waals surface area contributed by atoms with Crippen molar-refractivity contribution in [1.29, 1.82) is 0 Å². The Morgan fingerprint density at radius 3 is 2.32 bits per heavy atom. The van der Waals surface area contributed by atoms with Gasteiger partial charge in [-0.1, -0.05) is 30.3 Å². The SMILES string of the molecule is Cc1nn(C)c(C)c1S(=O)(=O)N[C@H](C(=O)O)c1ccccc1. The predicted molar refractivity (Wildman–Crippen MR) is 79.8 cm³/mol. The van der Waals surface area contributed by atoms with Crippen LogP contribution in [0.25, 0.3) is 0 Å². The second kappa shape index (κ2) is 5.90. The molecule has 0 saturated carbocycles. The normalized spacial score (nSPS) is 13.0. The third-order valence-electron chi connectivity index (χ3n) is 3.36.